The molecule has 5 nitrogen and oxygen atoms in total. The zero-order valence-electron chi connectivity index (χ0n) is 14.0. The fraction of sp³-hybridized carbons (Fsp3) is 0.263. The third-order valence-corrected chi connectivity index (χ3v) is 4.96. The van der Waals surface area contributed by atoms with E-state index in [2.05, 4.69) is 4.98 Å². The van der Waals surface area contributed by atoms with Crippen molar-refractivity contribution in [2.75, 3.05) is 12.9 Å². The van der Waals surface area contributed by atoms with Crippen LogP contribution in [0.4, 0.5) is 0 Å². The van der Waals surface area contributed by atoms with Gasteiger partial charge in [0, 0.05) is 22.2 Å². The van der Waals surface area contributed by atoms with Gasteiger partial charge in [0.1, 0.15) is 11.1 Å². The Labute approximate surface area is 160 Å². The molecule has 0 amide bonds. The van der Waals surface area contributed by atoms with Crippen molar-refractivity contribution in [2.24, 2.45) is 0 Å². The highest BCUT2D eigenvalue weighted by molar-refractivity contribution is 7.98. The van der Waals surface area contributed by atoms with Gasteiger partial charge in [-0.1, -0.05) is 11.6 Å². The summed E-state index contributed by atoms with van der Waals surface area (Å²) in [7, 11) is 0. The standard InChI is InChI=1S/C19H15ClN2O3S/c1-26-18-15(9-21)14(8-16(22-18)11-2-3-11)19(24)25-10-17(23)12-4-6-13(20)7-5-12/h4-8,11H,2-3,10H2,1H3. The quantitative estimate of drug-likeness (QED) is 0.419. The van der Waals surface area contributed by atoms with Crippen LogP contribution < -0.4 is 0 Å². The number of ether oxygens (including phenoxy) is 1. The molecule has 1 aromatic heterocycles. The second-order valence-electron chi connectivity index (χ2n) is 5.87. The van der Waals surface area contributed by atoms with Crippen LogP contribution in [-0.4, -0.2) is 29.6 Å². The highest BCUT2D eigenvalue weighted by atomic mass is 35.5. The molecule has 1 aliphatic carbocycles. The Morgan fingerprint density at radius 3 is 2.62 bits per heavy atom. The number of nitriles is 1. The lowest BCUT2D eigenvalue weighted by Crippen LogP contribution is -2.16. The van der Waals surface area contributed by atoms with Gasteiger partial charge in [-0.25, -0.2) is 9.78 Å². The average Bonchev–Trinajstić information content (AvgIpc) is 3.50. The molecule has 0 atom stereocenters. The van der Waals surface area contributed by atoms with Crippen molar-refractivity contribution < 1.29 is 14.3 Å². The van der Waals surface area contributed by atoms with E-state index in [9.17, 15) is 14.9 Å². The van der Waals surface area contributed by atoms with Crippen LogP contribution in [-0.2, 0) is 4.74 Å². The lowest BCUT2D eigenvalue weighted by atomic mass is 10.1. The molecule has 1 fully saturated rings. The summed E-state index contributed by atoms with van der Waals surface area (Å²) in [6.07, 6.45) is 3.85. The van der Waals surface area contributed by atoms with E-state index in [1.807, 2.05) is 6.07 Å². The Morgan fingerprint density at radius 1 is 1.35 bits per heavy atom. The molecule has 1 aromatic carbocycles. The number of pyridine rings is 1. The molecular weight excluding hydrogens is 372 g/mol. The SMILES string of the molecule is CSc1nc(C2CC2)cc(C(=O)OCC(=O)c2ccc(Cl)cc2)c1C#N. The number of carbonyl (C=O) groups excluding carboxylic acids is 2. The van der Waals surface area contributed by atoms with E-state index in [1.54, 1.807) is 36.6 Å². The normalized spacial score (nSPS) is 13.1. The van der Waals surface area contributed by atoms with Crippen molar-refractivity contribution in [1.82, 2.24) is 4.98 Å². The van der Waals surface area contributed by atoms with Gasteiger partial charge in [0.15, 0.2) is 12.4 Å². The molecule has 132 valence electrons. The van der Waals surface area contributed by atoms with E-state index >= 15 is 0 Å². The monoisotopic (exact) mass is 386 g/mol. The molecule has 0 spiro atoms. The van der Waals surface area contributed by atoms with Gasteiger partial charge in [0.2, 0.25) is 0 Å². The number of carbonyl (C=O) groups is 2. The molecule has 1 heterocycles. The molecule has 3 rings (SSSR count). The van der Waals surface area contributed by atoms with E-state index < -0.39 is 12.6 Å². The topological polar surface area (TPSA) is 80.0 Å². The zero-order valence-corrected chi connectivity index (χ0v) is 15.6. The van der Waals surface area contributed by atoms with Crippen LogP contribution in [0.3, 0.4) is 0 Å². The molecule has 0 aliphatic heterocycles. The molecule has 0 unspecified atom stereocenters. The van der Waals surface area contributed by atoms with Crippen molar-refractivity contribution in [1.29, 1.82) is 5.26 Å². The Hall–Kier alpha value is -2.36. The Morgan fingerprint density at radius 2 is 2.04 bits per heavy atom. The Kier molecular flexibility index (Phi) is 5.60. The minimum atomic E-state index is -0.691. The molecule has 2 aromatic rings. The number of Topliss-reactive ketones (excluding diaryl/α,β-unsaturated/α-hetero) is 1. The Bertz CT molecular complexity index is 902. The van der Waals surface area contributed by atoms with Crippen molar-refractivity contribution in [2.45, 2.75) is 23.8 Å². The van der Waals surface area contributed by atoms with Gasteiger partial charge in [0.25, 0.3) is 0 Å². The van der Waals surface area contributed by atoms with Gasteiger partial charge in [-0.05, 0) is 49.4 Å². The van der Waals surface area contributed by atoms with Crippen LogP contribution in [0.1, 0.15) is 50.7 Å². The summed E-state index contributed by atoms with van der Waals surface area (Å²) in [6, 6.07) is 9.98. The number of hydrogen-bond acceptors (Lipinski definition) is 6. The van der Waals surface area contributed by atoms with E-state index in [0.29, 0.717) is 21.5 Å². The molecule has 0 N–H and O–H groups in total. The van der Waals surface area contributed by atoms with E-state index in [-0.39, 0.29) is 16.9 Å². The first kappa shape index (κ1) is 18.4. The summed E-state index contributed by atoms with van der Waals surface area (Å²) in [5, 5.41) is 10.4. The highest BCUT2D eigenvalue weighted by Crippen LogP contribution is 2.40. The number of benzene rings is 1. The van der Waals surface area contributed by atoms with E-state index in [1.165, 1.54) is 11.8 Å². The third kappa shape index (κ3) is 4.06. The fourth-order valence-electron chi connectivity index (χ4n) is 2.47. The highest BCUT2D eigenvalue weighted by Gasteiger charge is 2.29. The summed E-state index contributed by atoms with van der Waals surface area (Å²) in [4.78, 5) is 29.1. The number of esters is 1. The second kappa shape index (κ2) is 7.90. The van der Waals surface area contributed by atoms with Crippen molar-refractivity contribution >= 4 is 35.1 Å². The molecule has 1 saturated carbocycles. The Balaban J connectivity index is 1.78. The molecular formula is C19H15ClN2O3S. The first-order chi connectivity index (χ1) is 12.5. The van der Waals surface area contributed by atoms with Crippen LogP contribution in [0.2, 0.25) is 5.02 Å². The summed E-state index contributed by atoms with van der Waals surface area (Å²) in [5.74, 6) is -0.700. The number of thioether (sulfide) groups is 1. The average molecular weight is 387 g/mol. The summed E-state index contributed by atoms with van der Waals surface area (Å²) in [5.41, 5.74) is 1.55. The number of hydrogen-bond donors (Lipinski definition) is 0. The maximum Gasteiger partial charge on any atom is 0.340 e. The van der Waals surface area contributed by atoms with Crippen LogP contribution in [0, 0.1) is 11.3 Å². The van der Waals surface area contributed by atoms with Crippen molar-refractivity contribution in [3.8, 4) is 6.07 Å². The van der Waals surface area contributed by atoms with Crippen LogP contribution in [0.15, 0.2) is 35.4 Å². The zero-order chi connectivity index (χ0) is 18.7. The number of aromatic nitrogens is 1. The summed E-state index contributed by atoms with van der Waals surface area (Å²) >= 11 is 7.11. The minimum absolute atomic E-state index is 0.164. The number of nitrogens with zero attached hydrogens (tertiary/aromatic N) is 2. The second-order valence-corrected chi connectivity index (χ2v) is 7.10. The molecule has 1 aliphatic rings. The predicted molar refractivity (Wildman–Crippen MR) is 98.8 cm³/mol. The lowest BCUT2D eigenvalue weighted by Gasteiger charge is -2.10. The van der Waals surface area contributed by atoms with Gasteiger partial charge in [0.05, 0.1) is 11.1 Å². The van der Waals surface area contributed by atoms with Gasteiger partial charge < -0.3 is 4.74 Å². The number of halogens is 1. The predicted octanol–water partition coefficient (Wildman–Crippen LogP) is 4.25. The van der Waals surface area contributed by atoms with Gasteiger partial charge in [-0.15, -0.1) is 11.8 Å². The smallest absolute Gasteiger partial charge is 0.340 e. The first-order valence-corrected chi connectivity index (χ1v) is 9.58. The van der Waals surface area contributed by atoms with E-state index in [0.717, 1.165) is 18.5 Å². The molecule has 26 heavy (non-hydrogen) atoms. The van der Waals surface area contributed by atoms with Gasteiger partial charge >= 0.3 is 5.97 Å². The lowest BCUT2D eigenvalue weighted by molar-refractivity contribution is 0.0474. The fourth-order valence-corrected chi connectivity index (χ4v) is 3.16. The molecule has 7 heteroatoms. The third-order valence-electron chi connectivity index (χ3n) is 4.03. The van der Waals surface area contributed by atoms with Crippen molar-refractivity contribution in [3.63, 3.8) is 0 Å². The van der Waals surface area contributed by atoms with Crippen LogP contribution in [0.5, 0.6) is 0 Å². The number of ketones is 1. The van der Waals surface area contributed by atoms with Crippen LogP contribution in [0.25, 0.3) is 0 Å². The van der Waals surface area contributed by atoms with Crippen LogP contribution >= 0.6 is 23.4 Å². The largest absolute Gasteiger partial charge is 0.454 e. The maximum absolute atomic E-state index is 12.5. The van der Waals surface area contributed by atoms with E-state index in [4.69, 9.17) is 16.3 Å². The summed E-state index contributed by atoms with van der Waals surface area (Å²) < 4.78 is 5.16. The minimum Gasteiger partial charge on any atom is -0.454 e. The summed E-state index contributed by atoms with van der Waals surface area (Å²) in [6.45, 7) is -0.402. The van der Waals surface area contributed by atoms with Gasteiger partial charge in [-0.2, -0.15) is 5.26 Å². The van der Waals surface area contributed by atoms with Crippen molar-refractivity contribution in [3.05, 3.63) is 57.7 Å². The molecule has 0 bridgehead atoms. The number of rotatable bonds is 6. The molecule has 0 radical (unpaired) electrons. The maximum atomic E-state index is 12.5. The molecule has 0 saturated heterocycles. The van der Waals surface area contributed by atoms with Gasteiger partial charge in [-0.3, -0.25) is 4.79 Å². The first-order valence-electron chi connectivity index (χ1n) is 7.98.